The highest BCUT2D eigenvalue weighted by Crippen LogP contribution is 1.92. The van der Waals surface area contributed by atoms with Crippen molar-refractivity contribution >= 4 is 10.1 Å². The molecular formula is C5H12O4S. The van der Waals surface area contributed by atoms with Gasteiger partial charge in [0.1, 0.15) is 0 Å². The summed E-state index contributed by atoms with van der Waals surface area (Å²) >= 11 is 0. The first kappa shape index (κ1) is 9.87. The predicted molar refractivity (Wildman–Crippen MR) is 37.3 cm³/mol. The third-order valence-corrected chi connectivity index (χ3v) is 1.48. The minimum Gasteiger partial charge on any atom is -0.379 e. The van der Waals surface area contributed by atoms with Crippen LogP contribution >= 0.6 is 0 Å². The van der Waals surface area contributed by atoms with E-state index < -0.39 is 10.1 Å². The van der Waals surface area contributed by atoms with E-state index in [0.717, 1.165) is 6.26 Å². The van der Waals surface area contributed by atoms with Crippen LogP contribution in [0.3, 0.4) is 0 Å². The van der Waals surface area contributed by atoms with Gasteiger partial charge in [0.05, 0.1) is 19.0 Å². The van der Waals surface area contributed by atoms with Crippen LogP contribution in [-0.4, -0.2) is 34.5 Å². The first-order chi connectivity index (χ1) is 4.45. The molecule has 0 spiro atoms. The molecule has 0 aromatic rings. The third-order valence-electron chi connectivity index (χ3n) is 0.919. The zero-order chi connectivity index (χ0) is 8.20. The van der Waals surface area contributed by atoms with Crippen molar-refractivity contribution in [2.45, 2.75) is 13.0 Å². The molecule has 62 valence electrons. The first-order valence-electron chi connectivity index (χ1n) is 2.83. The van der Waals surface area contributed by atoms with Gasteiger partial charge in [-0.25, -0.2) is 0 Å². The van der Waals surface area contributed by atoms with Gasteiger partial charge in [-0.15, -0.1) is 0 Å². The molecule has 0 radical (unpaired) electrons. The quantitative estimate of drug-likeness (QED) is 0.554. The van der Waals surface area contributed by atoms with E-state index in [2.05, 4.69) is 4.18 Å². The molecule has 0 saturated carbocycles. The summed E-state index contributed by atoms with van der Waals surface area (Å²) in [5.74, 6) is 0. The smallest absolute Gasteiger partial charge is 0.264 e. The van der Waals surface area contributed by atoms with Crippen LogP contribution in [0.25, 0.3) is 0 Å². The van der Waals surface area contributed by atoms with E-state index in [0.29, 0.717) is 0 Å². The lowest BCUT2D eigenvalue weighted by Gasteiger charge is -2.07. The highest BCUT2D eigenvalue weighted by molar-refractivity contribution is 7.85. The van der Waals surface area contributed by atoms with Crippen molar-refractivity contribution in [3.63, 3.8) is 0 Å². The molecule has 0 amide bonds. The lowest BCUT2D eigenvalue weighted by atomic mass is 10.4. The third kappa shape index (κ3) is 6.00. The second kappa shape index (κ2) is 3.90. The van der Waals surface area contributed by atoms with E-state index in [4.69, 9.17) is 4.74 Å². The van der Waals surface area contributed by atoms with Crippen LogP contribution in [0.2, 0.25) is 0 Å². The minimum absolute atomic E-state index is 0.0787. The zero-order valence-corrected chi connectivity index (χ0v) is 7.14. The average Bonchev–Trinajstić information content (AvgIpc) is 1.81. The fourth-order valence-corrected chi connectivity index (χ4v) is 0.726. The normalized spacial score (nSPS) is 15.1. The Hall–Kier alpha value is -0.130. The molecule has 10 heavy (non-hydrogen) atoms. The van der Waals surface area contributed by atoms with E-state index in [1.807, 2.05) is 0 Å². The molecule has 0 aliphatic heterocycles. The summed E-state index contributed by atoms with van der Waals surface area (Å²) < 4.78 is 29.9. The van der Waals surface area contributed by atoms with Crippen LogP contribution < -0.4 is 0 Å². The second-order valence-corrected chi connectivity index (χ2v) is 3.68. The molecule has 0 saturated heterocycles. The number of hydrogen-bond donors (Lipinski definition) is 0. The number of ether oxygens (including phenoxy) is 1. The Bertz CT molecular complexity index is 172. The van der Waals surface area contributed by atoms with Gasteiger partial charge in [-0.05, 0) is 6.92 Å². The van der Waals surface area contributed by atoms with E-state index in [1.54, 1.807) is 6.92 Å². The van der Waals surface area contributed by atoms with Crippen LogP contribution in [0.15, 0.2) is 0 Å². The average molecular weight is 168 g/mol. The van der Waals surface area contributed by atoms with Gasteiger partial charge in [-0.1, -0.05) is 0 Å². The largest absolute Gasteiger partial charge is 0.379 e. The van der Waals surface area contributed by atoms with Crippen LogP contribution in [0, 0.1) is 0 Å². The van der Waals surface area contributed by atoms with Crippen LogP contribution in [-0.2, 0) is 19.0 Å². The lowest BCUT2D eigenvalue weighted by molar-refractivity contribution is 0.0743. The molecule has 0 aliphatic carbocycles. The molecule has 0 aromatic heterocycles. The minimum atomic E-state index is -3.31. The van der Waals surface area contributed by atoms with E-state index in [1.165, 1.54) is 7.11 Å². The summed E-state index contributed by atoms with van der Waals surface area (Å²) in [5.41, 5.74) is 0. The van der Waals surface area contributed by atoms with Gasteiger partial charge in [0.15, 0.2) is 0 Å². The first-order valence-corrected chi connectivity index (χ1v) is 4.64. The number of hydrogen-bond acceptors (Lipinski definition) is 4. The Morgan fingerprint density at radius 2 is 2.00 bits per heavy atom. The summed E-state index contributed by atoms with van der Waals surface area (Å²) in [6.45, 7) is 1.81. The fourth-order valence-electron chi connectivity index (χ4n) is 0.287. The SMILES string of the molecule is CO[C@H](C)COS(C)(=O)=O. The van der Waals surface area contributed by atoms with E-state index in [9.17, 15) is 8.42 Å². The maximum atomic E-state index is 10.4. The number of methoxy groups -OCH3 is 1. The van der Waals surface area contributed by atoms with Crippen molar-refractivity contribution in [2.75, 3.05) is 20.0 Å². The Morgan fingerprint density at radius 3 is 2.30 bits per heavy atom. The van der Waals surface area contributed by atoms with Crippen LogP contribution in [0.1, 0.15) is 6.92 Å². The van der Waals surface area contributed by atoms with E-state index >= 15 is 0 Å². The van der Waals surface area contributed by atoms with Gasteiger partial charge in [0, 0.05) is 7.11 Å². The Balaban J connectivity index is 3.56. The topological polar surface area (TPSA) is 52.6 Å². The van der Waals surface area contributed by atoms with Crippen molar-refractivity contribution in [2.24, 2.45) is 0 Å². The molecule has 4 nitrogen and oxygen atoms in total. The zero-order valence-electron chi connectivity index (χ0n) is 6.33. The summed E-state index contributed by atoms with van der Waals surface area (Å²) in [6, 6.07) is 0. The van der Waals surface area contributed by atoms with Gasteiger partial charge in [-0.2, -0.15) is 8.42 Å². The molecule has 0 N–H and O–H groups in total. The summed E-state index contributed by atoms with van der Waals surface area (Å²) in [7, 11) is -1.81. The van der Waals surface area contributed by atoms with Gasteiger partial charge in [0.25, 0.3) is 10.1 Å². The monoisotopic (exact) mass is 168 g/mol. The predicted octanol–water partition coefficient (Wildman–Crippen LogP) is -0.00250. The van der Waals surface area contributed by atoms with Crippen molar-refractivity contribution < 1.29 is 17.3 Å². The van der Waals surface area contributed by atoms with Gasteiger partial charge >= 0.3 is 0 Å². The summed E-state index contributed by atoms with van der Waals surface area (Å²) in [5, 5.41) is 0. The Kier molecular flexibility index (Phi) is 3.85. The van der Waals surface area contributed by atoms with Gasteiger partial charge in [0.2, 0.25) is 0 Å². The molecule has 0 rings (SSSR count). The molecule has 0 aromatic carbocycles. The molecular weight excluding hydrogens is 156 g/mol. The fraction of sp³-hybridized carbons (Fsp3) is 1.00. The summed E-state index contributed by atoms with van der Waals surface area (Å²) in [6.07, 6.45) is 0.824. The van der Waals surface area contributed by atoms with Gasteiger partial charge in [-0.3, -0.25) is 4.18 Å². The van der Waals surface area contributed by atoms with Crippen molar-refractivity contribution in [1.29, 1.82) is 0 Å². The maximum absolute atomic E-state index is 10.4. The summed E-state index contributed by atoms with van der Waals surface area (Å²) in [4.78, 5) is 0. The van der Waals surface area contributed by atoms with Crippen molar-refractivity contribution in [3.8, 4) is 0 Å². The van der Waals surface area contributed by atoms with Crippen molar-refractivity contribution in [1.82, 2.24) is 0 Å². The second-order valence-electron chi connectivity index (χ2n) is 2.03. The lowest BCUT2D eigenvalue weighted by Crippen LogP contribution is -2.16. The molecule has 1 atom stereocenters. The highest BCUT2D eigenvalue weighted by Gasteiger charge is 2.05. The molecule has 0 heterocycles. The standard InChI is InChI=1S/C5H12O4S/c1-5(8-2)4-9-10(3,6)7/h5H,4H2,1-3H3/t5-/m1/s1. The maximum Gasteiger partial charge on any atom is 0.264 e. The molecule has 5 heteroatoms. The number of rotatable bonds is 4. The van der Waals surface area contributed by atoms with Crippen LogP contribution in [0.5, 0.6) is 0 Å². The molecule has 0 aliphatic rings. The molecule has 0 fully saturated rings. The molecule has 0 unspecified atom stereocenters. The van der Waals surface area contributed by atoms with Gasteiger partial charge < -0.3 is 4.74 Å². The highest BCUT2D eigenvalue weighted by atomic mass is 32.2. The van der Waals surface area contributed by atoms with E-state index in [-0.39, 0.29) is 12.7 Å². The Morgan fingerprint density at radius 1 is 1.50 bits per heavy atom. The van der Waals surface area contributed by atoms with Crippen molar-refractivity contribution in [3.05, 3.63) is 0 Å². The molecule has 0 bridgehead atoms. The Labute approximate surface area is 61.3 Å². The van der Waals surface area contributed by atoms with Crippen LogP contribution in [0.4, 0.5) is 0 Å².